The SMILES string of the molecule is CCOC(=O)c1c(NC(=O)Cn2c(-n3nc(C)cc3C)nc3c(c2=O)CCCC3)sc2c1CCCC2. The molecule has 36 heavy (non-hydrogen) atoms. The number of hydrogen-bond acceptors (Lipinski definition) is 7. The fourth-order valence-corrected chi connectivity index (χ4v) is 6.49. The Morgan fingerprint density at radius 2 is 1.81 bits per heavy atom. The highest BCUT2D eigenvalue weighted by molar-refractivity contribution is 7.17. The van der Waals surface area contributed by atoms with E-state index in [1.807, 2.05) is 19.9 Å². The second-order valence-corrected chi connectivity index (χ2v) is 10.6. The molecule has 1 amide bonds. The maximum atomic E-state index is 13.6. The molecule has 1 N–H and O–H groups in total. The number of aryl methyl sites for hydroxylation is 4. The molecular formula is C26H31N5O4S. The van der Waals surface area contributed by atoms with Crippen molar-refractivity contribution in [1.29, 1.82) is 0 Å². The molecule has 5 rings (SSSR count). The van der Waals surface area contributed by atoms with Crippen molar-refractivity contribution in [2.45, 2.75) is 78.7 Å². The van der Waals surface area contributed by atoms with Gasteiger partial charge in [-0.05, 0) is 83.8 Å². The molecule has 3 aromatic heterocycles. The Bertz CT molecular complexity index is 1400. The van der Waals surface area contributed by atoms with E-state index in [2.05, 4.69) is 10.4 Å². The van der Waals surface area contributed by atoms with Crippen LogP contribution in [0.25, 0.3) is 5.95 Å². The van der Waals surface area contributed by atoms with E-state index in [-0.39, 0.29) is 24.6 Å². The van der Waals surface area contributed by atoms with Crippen molar-refractivity contribution in [3.05, 3.63) is 55.1 Å². The van der Waals surface area contributed by atoms with Crippen molar-refractivity contribution in [2.24, 2.45) is 0 Å². The molecule has 0 radical (unpaired) electrons. The summed E-state index contributed by atoms with van der Waals surface area (Å²) < 4.78 is 8.35. The topological polar surface area (TPSA) is 108 Å². The monoisotopic (exact) mass is 509 g/mol. The van der Waals surface area contributed by atoms with Crippen LogP contribution in [0.2, 0.25) is 0 Å². The predicted molar refractivity (Wildman–Crippen MR) is 137 cm³/mol. The highest BCUT2D eigenvalue weighted by atomic mass is 32.1. The van der Waals surface area contributed by atoms with Gasteiger partial charge >= 0.3 is 5.97 Å². The zero-order chi connectivity index (χ0) is 25.4. The van der Waals surface area contributed by atoms with E-state index in [9.17, 15) is 14.4 Å². The molecule has 190 valence electrons. The summed E-state index contributed by atoms with van der Waals surface area (Å²) in [6.07, 6.45) is 7.07. The molecule has 10 heteroatoms. The van der Waals surface area contributed by atoms with E-state index in [0.29, 0.717) is 28.5 Å². The Labute approximate surface area is 213 Å². The lowest BCUT2D eigenvalue weighted by Crippen LogP contribution is -2.36. The first kappa shape index (κ1) is 24.4. The van der Waals surface area contributed by atoms with Crippen LogP contribution in [0.5, 0.6) is 0 Å². The zero-order valence-electron chi connectivity index (χ0n) is 21.0. The van der Waals surface area contributed by atoms with Gasteiger partial charge in [0, 0.05) is 16.1 Å². The Morgan fingerprint density at radius 3 is 2.53 bits per heavy atom. The van der Waals surface area contributed by atoms with Crippen LogP contribution in [0.15, 0.2) is 10.9 Å². The van der Waals surface area contributed by atoms with Crippen molar-refractivity contribution in [2.75, 3.05) is 11.9 Å². The van der Waals surface area contributed by atoms with Gasteiger partial charge in [0.25, 0.3) is 5.56 Å². The van der Waals surface area contributed by atoms with Gasteiger partial charge in [-0.15, -0.1) is 11.3 Å². The first-order valence-electron chi connectivity index (χ1n) is 12.6. The molecule has 0 fully saturated rings. The Kier molecular flexibility index (Phi) is 6.79. The molecule has 3 aromatic rings. The van der Waals surface area contributed by atoms with Crippen LogP contribution in [0.3, 0.4) is 0 Å². The van der Waals surface area contributed by atoms with Crippen LogP contribution < -0.4 is 10.9 Å². The number of nitrogens with zero attached hydrogens (tertiary/aromatic N) is 4. The van der Waals surface area contributed by atoms with Gasteiger partial charge in [0.05, 0.1) is 23.6 Å². The number of amides is 1. The lowest BCUT2D eigenvalue weighted by atomic mass is 9.95. The minimum absolute atomic E-state index is 0.200. The molecule has 0 bridgehead atoms. The van der Waals surface area contributed by atoms with Crippen LogP contribution in [-0.2, 0) is 41.8 Å². The molecule has 0 spiro atoms. The molecule has 0 aliphatic heterocycles. The molecule has 2 aliphatic carbocycles. The summed E-state index contributed by atoms with van der Waals surface area (Å²) in [5.74, 6) is -0.456. The Balaban J connectivity index is 1.52. The molecule has 0 atom stereocenters. The normalized spacial score (nSPS) is 14.8. The summed E-state index contributed by atoms with van der Waals surface area (Å²) in [5.41, 5.74) is 4.35. The number of anilines is 1. The predicted octanol–water partition coefficient (Wildman–Crippen LogP) is 3.68. The Morgan fingerprint density at radius 1 is 1.08 bits per heavy atom. The first-order chi connectivity index (χ1) is 17.4. The second-order valence-electron chi connectivity index (χ2n) is 9.46. The van der Waals surface area contributed by atoms with Gasteiger partial charge in [0.1, 0.15) is 11.5 Å². The van der Waals surface area contributed by atoms with Gasteiger partial charge in [-0.25, -0.2) is 14.5 Å². The highest BCUT2D eigenvalue weighted by Gasteiger charge is 2.28. The summed E-state index contributed by atoms with van der Waals surface area (Å²) in [7, 11) is 0. The molecule has 2 aliphatic rings. The fraction of sp³-hybridized carbons (Fsp3) is 0.500. The number of aromatic nitrogens is 4. The average molecular weight is 510 g/mol. The maximum Gasteiger partial charge on any atom is 0.341 e. The van der Waals surface area contributed by atoms with Crippen LogP contribution in [0.4, 0.5) is 5.00 Å². The van der Waals surface area contributed by atoms with Crippen molar-refractivity contribution < 1.29 is 14.3 Å². The van der Waals surface area contributed by atoms with Crippen LogP contribution in [-0.4, -0.2) is 37.8 Å². The van der Waals surface area contributed by atoms with Gasteiger partial charge in [-0.2, -0.15) is 5.10 Å². The minimum Gasteiger partial charge on any atom is -0.462 e. The van der Waals surface area contributed by atoms with Gasteiger partial charge in [-0.1, -0.05) is 0 Å². The third-order valence-corrected chi connectivity index (χ3v) is 8.03. The smallest absolute Gasteiger partial charge is 0.341 e. The van der Waals surface area contributed by atoms with E-state index in [1.165, 1.54) is 15.9 Å². The number of thiophene rings is 1. The summed E-state index contributed by atoms with van der Waals surface area (Å²) >= 11 is 1.44. The van der Waals surface area contributed by atoms with Gasteiger partial charge in [0.15, 0.2) is 0 Å². The van der Waals surface area contributed by atoms with Crippen LogP contribution >= 0.6 is 11.3 Å². The number of fused-ring (bicyclic) bond motifs is 2. The number of carbonyl (C=O) groups excluding carboxylic acids is 2. The van der Waals surface area contributed by atoms with Gasteiger partial charge < -0.3 is 10.1 Å². The molecule has 3 heterocycles. The largest absolute Gasteiger partial charge is 0.462 e. The van der Waals surface area contributed by atoms with E-state index in [0.717, 1.165) is 72.5 Å². The number of carbonyl (C=O) groups is 2. The lowest BCUT2D eigenvalue weighted by molar-refractivity contribution is -0.116. The van der Waals surface area contributed by atoms with Gasteiger partial charge in [0.2, 0.25) is 11.9 Å². The molecule has 0 saturated heterocycles. The second kappa shape index (κ2) is 10.0. The molecule has 9 nitrogen and oxygen atoms in total. The van der Waals surface area contributed by atoms with E-state index in [4.69, 9.17) is 9.72 Å². The number of nitrogens with one attached hydrogen (secondary N) is 1. The van der Waals surface area contributed by atoms with Crippen molar-refractivity contribution in [1.82, 2.24) is 19.3 Å². The van der Waals surface area contributed by atoms with E-state index < -0.39 is 5.97 Å². The van der Waals surface area contributed by atoms with Crippen LogP contribution in [0.1, 0.15) is 76.1 Å². The Hall–Kier alpha value is -3.27. The quantitative estimate of drug-likeness (QED) is 0.508. The minimum atomic E-state index is -0.414. The van der Waals surface area contributed by atoms with Crippen molar-refractivity contribution >= 4 is 28.2 Å². The summed E-state index contributed by atoms with van der Waals surface area (Å²) in [6, 6.07) is 1.91. The number of esters is 1. The van der Waals surface area contributed by atoms with Crippen LogP contribution in [0, 0.1) is 13.8 Å². The highest BCUT2D eigenvalue weighted by Crippen LogP contribution is 2.38. The lowest BCUT2D eigenvalue weighted by Gasteiger charge is -2.20. The molecular weight excluding hydrogens is 478 g/mol. The summed E-state index contributed by atoms with van der Waals surface area (Å²) in [5, 5.41) is 7.95. The number of ether oxygens (including phenoxy) is 1. The molecule has 0 unspecified atom stereocenters. The average Bonchev–Trinajstić information content (AvgIpc) is 3.39. The summed E-state index contributed by atoms with van der Waals surface area (Å²) in [6.45, 7) is 5.59. The van der Waals surface area contributed by atoms with Gasteiger partial charge in [-0.3, -0.25) is 14.2 Å². The van der Waals surface area contributed by atoms with E-state index in [1.54, 1.807) is 11.6 Å². The third-order valence-electron chi connectivity index (χ3n) is 6.82. The molecule has 0 aromatic carbocycles. The fourth-order valence-electron chi connectivity index (χ4n) is 5.20. The first-order valence-corrected chi connectivity index (χ1v) is 13.5. The number of rotatable bonds is 6. The third kappa shape index (κ3) is 4.50. The summed E-state index contributed by atoms with van der Waals surface area (Å²) in [4.78, 5) is 45.6. The maximum absolute atomic E-state index is 13.6. The number of hydrogen-bond donors (Lipinski definition) is 1. The zero-order valence-corrected chi connectivity index (χ0v) is 21.8. The standard InChI is InChI=1S/C26H31N5O4S/c1-4-35-25(34)22-18-10-6-8-12-20(18)36-23(22)28-21(32)14-30-24(33)17-9-5-7-11-19(17)27-26(30)31-16(3)13-15(2)29-31/h13H,4-12,14H2,1-3H3,(H,28,32). The van der Waals surface area contributed by atoms with Crippen molar-refractivity contribution in [3.63, 3.8) is 0 Å². The molecule has 0 saturated carbocycles. The van der Waals surface area contributed by atoms with Crippen molar-refractivity contribution in [3.8, 4) is 5.95 Å². The van der Waals surface area contributed by atoms with E-state index >= 15 is 0 Å².